The SMILES string of the molecule is Brc1c(OCCNCc2ccoc2)ccc2ccccc12. The summed E-state index contributed by atoms with van der Waals surface area (Å²) >= 11 is 3.62. The molecule has 3 nitrogen and oxygen atoms in total. The summed E-state index contributed by atoms with van der Waals surface area (Å²) in [6, 6.07) is 14.3. The van der Waals surface area contributed by atoms with E-state index in [-0.39, 0.29) is 0 Å². The van der Waals surface area contributed by atoms with Crippen molar-refractivity contribution in [2.75, 3.05) is 13.2 Å². The van der Waals surface area contributed by atoms with E-state index < -0.39 is 0 Å². The molecular weight excluding hydrogens is 330 g/mol. The van der Waals surface area contributed by atoms with E-state index in [1.54, 1.807) is 12.5 Å². The summed E-state index contributed by atoms with van der Waals surface area (Å²) in [5, 5.41) is 5.69. The smallest absolute Gasteiger partial charge is 0.134 e. The Bertz CT molecular complexity index is 710. The standard InChI is InChI=1S/C17H16BrNO2/c18-17-15-4-2-1-3-14(15)5-6-16(17)21-10-8-19-11-13-7-9-20-12-13/h1-7,9,12,19H,8,10-11H2. The van der Waals surface area contributed by atoms with Gasteiger partial charge in [-0.2, -0.15) is 0 Å². The van der Waals surface area contributed by atoms with E-state index in [0.717, 1.165) is 28.9 Å². The van der Waals surface area contributed by atoms with Crippen molar-refractivity contribution in [3.05, 3.63) is 65.0 Å². The molecule has 21 heavy (non-hydrogen) atoms. The average molecular weight is 346 g/mol. The van der Waals surface area contributed by atoms with Gasteiger partial charge in [-0.1, -0.05) is 30.3 Å². The molecule has 0 aliphatic heterocycles. The highest BCUT2D eigenvalue weighted by molar-refractivity contribution is 9.10. The van der Waals surface area contributed by atoms with Crippen molar-refractivity contribution in [3.63, 3.8) is 0 Å². The topological polar surface area (TPSA) is 34.4 Å². The predicted molar refractivity (Wildman–Crippen MR) is 87.6 cm³/mol. The van der Waals surface area contributed by atoms with Gasteiger partial charge >= 0.3 is 0 Å². The first-order valence-electron chi connectivity index (χ1n) is 6.86. The van der Waals surface area contributed by atoms with E-state index >= 15 is 0 Å². The van der Waals surface area contributed by atoms with Crippen molar-refractivity contribution in [1.29, 1.82) is 0 Å². The molecule has 1 aromatic heterocycles. The zero-order chi connectivity index (χ0) is 14.5. The van der Waals surface area contributed by atoms with Gasteiger partial charge in [0.15, 0.2) is 0 Å². The van der Waals surface area contributed by atoms with Crippen LogP contribution in [0.25, 0.3) is 10.8 Å². The number of rotatable bonds is 6. The molecule has 4 heteroatoms. The van der Waals surface area contributed by atoms with Gasteiger partial charge in [0, 0.05) is 18.7 Å². The second-order valence-corrected chi connectivity index (χ2v) is 5.55. The third kappa shape index (κ3) is 3.46. The lowest BCUT2D eigenvalue weighted by Crippen LogP contribution is -2.20. The fraction of sp³-hybridized carbons (Fsp3) is 0.176. The van der Waals surface area contributed by atoms with Crippen LogP contribution in [0.15, 0.2) is 63.9 Å². The molecular formula is C17H16BrNO2. The lowest BCUT2D eigenvalue weighted by atomic mass is 10.1. The molecule has 0 atom stereocenters. The summed E-state index contributed by atoms with van der Waals surface area (Å²) in [5.74, 6) is 0.874. The molecule has 1 heterocycles. The number of hydrogen-bond acceptors (Lipinski definition) is 3. The van der Waals surface area contributed by atoms with Gasteiger partial charge in [0.25, 0.3) is 0 Å². The molecule has 0 radical (unpaired) electrons. The van der Waals surface area contributed by atoms with Crippen LogP contribution in [0, 0.1) is 0 Å². The van der Waals surface area contributed by atoms with Gasteiger partial charge in [-0.3, -0.25) is 0 Å². The lowest BCUT2D eigenvalue weighted by molar-refractivity contribution is 0.312. The van der Waals surface area contributed by atoms with Crippen molar-refractivity contribution in [2.45, 2.75) is 6.54 Å². The Morgan fingerprint density at radius 1 is 1.10 bits per heavy atom. The van der Waals surface area contributed by atoms with Gasteiger partial charge in [-0.05, 0) is 38.8 Å². The van der Waals surface area contributed by atoms with Crippen LogP contribution in [-0.2, 0) is 6.54 Å². The Morgan fingerprint density at radius 3 is 2.86 bits per heavy atom. The summed E-state index contributed by atoms with van der Waals surface area (Å²) in [7, 11) is 0. The van der Waals surface area contributed by atoms with Crippen LogP contribution in [0.5, 0.6) is 5.75 Å². The van der Waals surface area contributed by atoms with E-state index in [2.05, 4.69) is 39.4 Å². The van der Waals surface area contributed by atoms with E-state index in [1.165, 1.54) is 10.8 Å². The third-order valence-corrected chi connectivity index (χ3v) is 4.09. The summed E-state index contributed by atoms with van der Waals surface area (Å²) in [6.45, 7) is 2.19. The predicted octanol–water partition coefficient (Wildman–Crippen LogP) is 4.36. The molecule has 0 fully saturated rings. The quantitative estimate of drug-likeness (QED) is 0.674. The lowest BCUT2D eigenvalue weighted by Gasteiger charge is -2.10. The second kappa shape index (κ2) is 6.78. The van der Waals surface area contributed by atoms with Crippen LogP contribution < -0.4 is 10.1 Å². The zero-order valence-electron chi connectivity index (χ0n) is 11.5. The minimum Gasteiger partial charge on any atom is -0.491 e. The molecule has 0 aliphatic carbocycles. The van der Waals surface area contributed by atoms with Crippen LogP contribution in [0.1, 0.15) is 5.56 Å². The summed E-state index contributed by atoms with van der Waals surface area (Å²) in [4.78, 5) is 0. The number of fused-ring (bicyclic) bond motifs is 1. The Hall–Kier alpha value is -1.78. The minimum absolute atomic E-state index is 0.620. The van der Waals surface area contributed by atoms with Crippen molar-refractivity contribution >= 4 is 26.7 Å². The highest BCUT2D eigenvalue weighted by Gasteiger charge is 2.05. The average Bonchev–Trinajstić information content (AvgIpc) is 3.03. The molecule has 0 spiro atoms. The van der Waals surface area contributed by atoms with E-state index in [0.29, 0.717) is 6.61 Å². The maximum atomic E-state index is 5.83. The third-order valence-electron chi connectivity index (χ3n) is 3.27. The van der Waals surface area contributed by atoms with E-state index in [9.17, 15) is 0 Å². The Balaban J connectivity index is 1.54. The number of benzene rings is 2. The monoisotopic (exact) mass is 345 g/mol. The van der Waals surface area contributed by atoms with Crippen LogP contribution >= 0.6 is 15.9 Å². The summed E-state index contributed by atoms with van der Waals surface area (Å²) < 4.78 is 11.9. The van der Waals surface area contributed by atoms with Crippen molar-refractivity contribution in [3.8, 4) is 5.75 Å². The fourth-order valence-electron chi connectivity index (χ4n) is 2.18. The number of furan rings is 1. The van der Waals surface area contributed by atoms with Crippen molar-refractivity contribution < 1.29 is 9.15 Å². The molecule has 0 unspecified atom stereocenters. The van der Waals surface area contributed by atoms with Crippen molar-refractivity contribution in [2.24, 2.45) is 0 Å². The maximum absolute atomic E-state index is 5.83. The van der Waals surface area contributed by atoms with E-state index in [1.807, 2.05) is 24.3 Å². The van der Waals surface area contributed by atoms with Gasteiger partial charge in [-0.15, -0.1) is 0 Å². The zero-order valence-corrected chi connectivity index (χ0v) is 13.1. The Labute approximate surface area is 132 Å². The first-order valence-corrected chi connectivity index (χ1v) is 7.66. The van der Waals surface area contributed by atoms with Gasteiger partial charge < -0.3 is 14.5 Å². The second-order valence-electron chi connectivity index (χ2n) is 4.76. The van der Waals surface area contributed by atoms with Gasteiger partial charge in [0.2, 0.25) is 0 Å². The van der Waals surface area contributed by atoms with Crippen LogP contribution in [0.2, 0.25) is 0 Å². The number of halogens is 1. The first kappa shape index (κ1) is 14.2. The van der Waals surface area contributed by atoms with Crippen LogP contribution in [0.3, 0.4) is 0 Å². The Kier molecular flexibility index (Phi) is 4.58. The molecule has 0 saturated carbocycles. The summed E-state index contributed by atoms with van der Waals surface area (Å²) in [6.07, 6.45) is 3.42. The van der Waals surface area contributed by atoms with Crippen LogP contribution in [0.4, 0.5) is 0 Å². The highest BCUT2D eigenvalue weighted by atomic mass is 79.9. The van der Waals surface area contributed by atoms with Gasteiger partial charge in [-0.25, -0.2) is 0 Å². The molecule has 1 N–H and O–H groups in total. The normalized spacial score (nSPS) is 10.9. The minimum atomic E-state index is 0.620. The number of nitrogens with one attached hydrogen (secondary N) is 1. The molecule has 2 aromatic carbocycles. The van der Waals surface area contributed by atoms with E-state index in [4.69, 9.17) is 9.15 Å². The molecule has 3 aromatic rings. The van der Waals surface area contributed by atoms with Gasteiger partial charge in [0.05, 0.1) is 17.0 Å². The molecule has 0 bridgehead atoms. The number of ether oxygens (including phenoxy) is 1. The highest BCUT2D eigenvalue weighted by Crippen LogP contribution is 2.32. The molecule has 3 rings (SSSR count). The Morgan fingerprint density at radius 2 is 2.00 bits per heavy atom. The van der Waals surface area contributed by atoms with Crippen molar-refractivity contribution in [1.82, 2.24) is 5.32 Å². The molecule has 0 amide bonds. The molecule has 0 aliphatic rings. The largest absolute Gasteiger partial charge is 0.491 e. The van der Waals surface area contributed by atoms with Crippen LogP contribution in [-0.4, -0.2) is 13.2 Å². The fourth-order valence-corrected chi connectivity index (χ4v) is 2.79. The molecule has 0 saturated heterocycles. The summed E-state index contributed by atoms with van der Waals surface area (Å²) in [5.41, 5.74) is 1.14. The molecule has 108 valence electrons. The maximum Gasteiger partial charge on any atom is 0.134 e. The first-order chi connectivity index (χ1) is 10.3. The number of hydrogen-bond donors (Lipinski definition) is 1. The van der Waals surface area contributed by atoms with Gasteiger partial charge in [0.1, 0.15) is 12.4 Å².